The first-order valence-corrected chi connectivity index (χ1v) is 11.1. The van der Waals surface area contributed by atoms with Crippen LogP contribution in [-0.2, 0) is 0 Å². The maximum absolute atomic E-state index is 14.4. The fraction of sp³-hybridized carbons (Fsp3) is 0.783. The van der Waals surface area contributed by atoms with E-state index in [1.54, 1.807) is 6.92 Å². The molecule has 3 fully saturated rings. The number of nitrogens with zero attached hydrogens (tertiary/aromatic N) is 3. The van der Waals surface area contributed by atoms with Crippen LogP contribution in [0.15, 0.2) is 12.1 Å². The Morgan fingerprint density at radius 3 is 2.48 bits per heavy atom. The van der Waals surface area contributed by atoms with Gasteiger partial charge in [-0.1, -0.05) is 13.8 Å². The second kappa shape index (κ2) is 7.35. The Kier molecular flexibility index (Phi) is 5.22. The Morgan fingerprint density at radius 1 is 1.19 bits per heavy atom. The van der Waals surface area contributed by atoms with Crippen LogP contribution in [0, 0.1) is 18.8 Å². The van der Waals surface area contributed by atoms with Gasteiger partial charge in [0.1, 0.15) is 11.5 Å². The van der Waals surface area contributed by atoms with Crippen molar-refractivity contribution in [2.45, 2.75) is 77.4 Å². The number of halogens is 1. The molecule has 0 spiro atoms. The van der Waals surface area contributed by atoms with E-state index in [2.05, 4.69) is 42.7 Å². The van der Waals surface area contributed by atoms with Crippen LogP contribution in [0.25, 0.3) is 0 Å². The van der Waals surface area contributed by atoms with Crippen LogP contribution in [-0.4, -0.2) is 47.8 Å². The number of rotatable bonds is 5. The van der Waals surface area contributed by atoms with Crippen LogP contribution < -0.4 is 4.90 Å². The summed E-state index contributed by atoms with van der Waals surface area (Å²) in [4.78, 5) is 9.85. The number of anilines is 1. The summed E-state index contributed by atoms with van der Waals surface area (Å²) in [5, 5.41) is 0. The fourth-order valence-corrected chi connectivity index (χ4v) is 5.93. The molecule has 4 heteroatoms. The normalized spacial score (nSPS) is 32.0. The number of likely N-dealkylation sites (tertiary alicyclic amines) is 1. The minimum absolute atomic E-state index is 0.200. The van der Waals surface area contributed by atoms with E-state index in [0.29, 0.717) is 11.8 Å². The molecular formula is C23H36FN3. The van der Waals surface area contributed by atoms with E-state index < -0.39 is 5.67 Å². The van der Waals surface area contributed by atoms with Crippen molar-refractivity contribution in [1.82, 2.24) is 9.88 Å². The highest BCUT2D eigenvalue weighted by atomic mass is 19.1. The van der Waals surface area contributed by atoms with Gasteiger partial charge in [-0.05, 0) is 88.6 Å². The number of piperidine rings is 1. The lowest BCUT2D eigenvalue weighted by Crippen LogP contribution is -2.47. The number of alkyl halides is 1. The fourth-order valence-electron chi connectivity index (χ4n) is 5.93. The summed E-state index contributed by atoms with van der Waals surface area (Å²) >= 11 is 0. The first-order valence-electron chi connectivity index (χ1n) is 11.1. The van der Waals surface area contributed by atoms with Gasteiger partial charge in [0.05, 0.1) is 0 Å². The van der Waals surface area contributed by atoms with Gasteiger partial charge in [-0.3, -0.25) is 0 Å². The number of aromatic nitrogens is 1. The maximum Gasteiger partial charge on any atom is 0.129 e. The average Bonchev–Trinajstić information content (AvgIpc) is 3.02. The molecule has 0 bridgehead atoms. The number of aryl methyl sites for hydroxylation is 1. The van der Waals surface area contributed by atoms with E-state index >= 15 is 0 Å². The van der Waals surface area contributed by atoms with Gasteiger partial charge in [-0.15, -0.1) is 0 Å². The van der Waals surface area contributed by atoms with E-state index in [4.69, 9.17) is 4.98 Å². The Hall–Kier alpha value is -1.16. The lowest BCUT2D eigenvalue weighted by molar-refractivity contribution is -0.0277. The van der Waals surface area contributed by atoms with E-state index in [1.165, 1.54) is 44.3 Å². The number of pyridine rings is 1. The van der Waals surface area contributed by atoms with Crippen LogP contribution >= 0.6 is 0 Å². The summed E-state index contributed by atoms with van der Waals surface area (Å²) in [5.74, 6) is 2.44. The molecule has 0 radical (unpaired) electrons. The van der Waals surface area contributed by atoms with Gasteiger partial charge in [0.25, 0.3) is 0 Å². The summed E-state index contributed by atoms with van der Waals surface area (Å²) < 4.78 is 14.4. The third-order valence-electron chi connectivity index (χ3n) is 7.62. The zero-order valence-corrected chi connectivity index (χ0v) is 17.5. The molecule has 1 aromatic heterocycles. The van der Waals surface area contributed by atoms with Crippen LogP contribution in [0.3, 0.4) is 0 Å². The molecule has 2 aliphatic heterocycles. The number of hydrogen-bond donors (Lipinski definition) is 0. The third-order valence-corrected chi connectivity index (χ3v) is 7.62. The SMILES string of the molecule is CCC(CC)N1CCC(c2cc(C)nc(N3CC4CC(C)(F)C4C3)c2)CC1. The zero-order valence-electron chi connectivity index (χ0n) is 17.5. The van der Waals surface area contributed by atoms with Crippen molar-refractivity contribution < 1.29 is 4.39 Å². The van der Waals surface area contributed by atoms with Crippen LogP contribution in [0.1, 0.15) is 70.1 Å². The molecule has 27 heavy (non-hydrogen) atoms. The molecule has 2 saturated heterocycles. The largest absolute Gasteiger partial charge is 0.356 e. The highest BCUT2D eigenvalue weighted by molar-refractivity contribution is 5.46. The second-order valence-electron chi connectivity index (χ2n) is 9.43. The molecular weight excluding hydrogens is 337 g/mol. The Morgan fingerprint density at radius 2 is 1.89 bits per heavy atom. The van der Waals surface area contributed by atoms with Crippen LogP contribution in [0.2, 0.25) is 0 Å². The highest BCUT2D eigenvalue weighted by Crippen LogP contribution is 2.51. The summed E-state index contributed by atoms with van der Waals surface area (Å²) in [7, 11) is 0. The van der Waals surface area contributed by atoms with E-state index in [9.17, 15) is 4.39 Å². The molecule has 0 aromatic carbocycles. The summed E-state index contributed by atoms with van der Waals surface area (Å²) in [6.07, 6.45) is 5.72. The molecule has 1 aliphatic carbocycles. The third kappa shape index (κ3) is 3.62. The molecule has 1 saturated carbocycles. The minimum atomic E-state index is -0.964. The maximum atomic E-state index is 14.4. The first kappa shape index (κ1) is 19.2. The molecule has 0 amide bonds. The Bertz CT molecular complexity index is 662. The second-order valence-corrected chi connectivity index (χ2v) is 9.43. The highest BCUT2D eigenvalue weighted by Gasteiger charge is 2.55. The average molecular weight is 374 g/mol. The minimum Gasteiger partial charge on any atom is -0.356 e. The predicted molar refractivity (Wildman–Crippen MR) is 110 cm³/mol. The summed E-state index contributed by atoms with van der Waals surface area (Å²) in [6, 6.07) is 5.34. The van der Waals surface area contributed by atoms with Crippen LogP contribution in [0.4, 0.5) is 10.2 Å². The first-order chi connectivity index (χ1) is 12.9. The lowest BCUT2D eigenvalue weighted by Gasteiger charge is -2.42. The van der Waals surface area contributed by atoms with Gasteiger partial charge in [0, 0.05) is 30.7 Å². The standard InChI is InChI=1S/C23H36FN3/c1-5-20(6-2)26-9-7-17(8-10-26)18-11-16(3)25-22(12-18)27-14-19-13-23(4,24)21(19)15-27/h11-12,17,19-21H,5-10,13-15H2,1-4H3. The van der Waals surface area contributed by atoms with Gasteiger partial charge >= 0.3 is 0 Å². The Balaban J connectivity index is 1.45. The van der Waals surface area contributed by atoms with Crippen molar-refractivity contribution in [2.24, 2.45) is 11.8 Å². The monoisotopic (exact) mass is 373 g/mol. The van der Waals surface area contributed by atoms with Gasteiger partial charge < -0.3 is 9.80 Å². The number of fused-ring (bicyclic) bond motifs is 1. The van der Waals surface area contributed by atoms with Crippen LogP contribution in [0.5, 0.6) is 0 Å². The molecule has 0 N–H and O–H groups in total. The van der Waals surface area contributed by atoms with Crippen molar-refractivity contribution in [3.05, 3.63) is 23.4 Å². The molecule has 150 valence electrons. The van der Waals surface area contributed by atoms with E-state index in [1.807, 2.05) is 0 Å². The quantitative estimate of drug-likeness (QED) is 0.728. The van der Waals surface area contributed by atoms with Gasteiger partial charge in [-0.25, -0.2) is 9.37 Å². The van der Waals surface area contributed by atoms with Crippen molar-refractivity contribution in [3.8, 4) is 0 Å². The molecule has 4 rings (SSSR count). The molecule has 3 atom stereocenters. The van der Waals surface area contributed by atoms with Crippen molar-refractivity contribution in [1.29, 1.82) is 0 Å². The van der Waals surface area contributed by atoms with E-state index in [-0.39, 0.29) is 5.92 Å². The van der Waals surface area contributed by atoms with Crippen molar-refractivity contribution in [3.63, 3.8) is 0 Å². The zero-order chi connectivity index (χ0) is 19.2. The van der Waals surface area contributed by atoms with Gasteiger partial charge in [0.15, 0.2) is 0 Å². The smallest absolute Gasteiger partial charge is 0.129 e. The molecule has 3 unspecified atom stereocenters. The summed E-state index contributed by atoms with van der Waals surface area (Å²) in [5.41, 5.74) is 1.59. The van der Waals surface area contributed by atoms with E-state index in [0.717, 1.165) is 37.1 Å². The Labute approximate surface area is 164 Å². The number of hydrogen-bond acceptors (Lipinski definition) is 3. The molecule has 3 aliphatic rings. The molecule has 1 aromatic rings. The predicted octanol–water partition coefficient (Wildman–Crippen LogP) is 4.94. The van der Waals surface area contributed by atoms with Crippen molar-refractivity contribution in [2.75, 3.05) is 31.1 Å². The van der Waals surface area contributed by atoms with Crippen molar-refractivity contribution >= 4 is 5.82 Å². The topological polar surface area (TPSA) is 19.4 Å². The molecule has 3 nitrogen and oxygen atoms in total. The molecule has 3 heterocycles. The van der Waals surface area contributed by atoms with Gasteiger partial charge in [-0.2, -0.15) is 0 Å². The summed E-state index contributed by atoms with van der Waals surface area (Å²) in [6.45, 7) is 12.7. The van der Waals surface area contributed by atoms with Gasteiger partial charge in [0.2, 0.25) is 0 Å². The lowest BCUT2D eigenvalue weighted by atomic mass is 9.65.